The molecule has 4 aliphatic carbocycles. The Labute approximate surface area is 168 Å². The molecule has 4 rings (SSSR count). The lowest BCUT2D eigenvalue weighted by Gasteiger charge is -2.55. The maximum atomic E-state index is 11.8. The molecule has 0 saturated heterocycles. The lowest BCUT2D eigenvalue weighted by molar-refractivity contribution is -0.167. The van der Waals surface area contributed by atoms with Crippen molar-refractivity contribution < 1.29 is 19.1 Å². The molecule has 0 N–H and O–H groups in total. The van der Waals surface area contributed by atoms with Crippen molar-refractivity contribution in [3.8, 4) is 12.3 Å². The lowest BCUT2D eigenvalue weighted by Crippen LogP contribution is -2.53. The van der Waals surface area contributed by atoms with Gasteiger partial charge in [0.25, 0.3) is 0 Å². The zero-order valence-corrected chi connectivity index (χ0v) is 17.3. The molecule has 0 spiro atoms. The summed E-state index contributed by atoms with van der Waals surface area (Å²) in [5.41, 5.74) is 0.644. The molecule has 0 aliphatic heterocycles. The summed E-state index contributed by atoms with van der Waals surface area (Å²) in [7, 11) is 0. The summed E-state index contributed by atoms with van der Waals surface area (Å²) in [6, 6.07) is 0. The molecule has 0 amide bonds. The summed E-state index contributed by atoms with van der Waals surface area (Å²) in [4.78, 5) is 23.1. The third-order valence-electron chi connectivity index (χ3n) is 8.40. The van der Waals surface area contributed by atoms with E-state index < -0.39 is 5.60 Å². The van der Waals surface area contributed by atoms with Crippen LogP contribution < -0.4 is 0 Å². The highest BCUT2D eigenvalue weighted by Gasteiger charge is 2.64. The first-order valence-corrected chi connectivity index (χ1v) is 10.8. The highest BCUT2D eigenvalue weighted by molar-refractivity contribution is 5.67. The first-order valence-electron chi connectivity index (χ1n) is 10.8. The van der Waals surface area contributed by atoms with Crippen LogP contribution >= 0.6 is 0 Å². The molecule has 0 aromatic rings. The predicted octanol–water partition coefficient (Wildman–Crippen LogP) is 4.43. The normalized spacial score (nSPS) is 44.2. The number of ether oxygens (including phenoxy) is 2. The smallest absolute Gasteiger partial charge is 0.304 e. The third-order valence-corrected chi connectivity index (χ3v) is 8.40. The van der Waals surface area contributed by atoms with Crippen LogP contribution in [-0.4, -0.2) is 23.6 Å². The molecule has 3 saturated carbocycles. The standard InChI is InChI=1S/C24H32O4/c1-5-24(28-16(3)26)13-11-22-21-8-6-17-14-18(27-15(2)25)7-9-19(17)20(21)10-12-23(22,24)4/h1,14,18-22H,6-13H2,2-4H3/t18-,19?,20-,21-,22+,23-,24+/m1/s1. The van der Waals surface area contributed by atoms with Crippen LogP contribution in [-0.2, 0) is 19.1 Å². The van der Waals surface area contributed by atoms with E-state index in [0.717, 1.165) is 44.9 Å². The SMILES string of the molecule is C#C[C@]1(OC(C)=O)CC[C@H]2[C@@H]3CCC4=C[C@H](OC(C)=O)CCC4[C@H]3CC[C@]21C. The van der Waals surface area contributed by atoms with Crippen molar-refractivity contribution in [1.82, 2.24) is 0 Å². The van der Waals surface area contributed by atoms with Gasteiger partial charge >= 0.3 is 11.9 Å². The van der Waals surface area contributed by atoms with Crippen molar-refractivity contribution in [2.24, 2.45) is 29.1 Å². The summed E-state index contributed by atoms with van der Waals surface area (Å²) in [5.74, 6) is 4.94. The molecule has 4 aliphatic rings. The van der Waals surface area contributed by atoms with E-state index >= 15 is 0 Å². The van der Waals surface area contributed by atoms with Crippen LogP contribution in [0.15, 0.2) is 11.6 Å². The van der Waals surface area contributed by atoms with Gasteiger partial charge in [0.15, 0.2) is 5.60 Å². The van der Waals surface area contributed by atoms with Crippen LogP contribution in [0.3, 0.4) is 0 Å². The van der Waals surface area contributed by atoms with Gasteiger partial charge in [-0.3, -0.25) is 9.59 Å². The van der Waals surface area contributed by atoms with Crippen LogP contribution in [0.5, 0.6) is 0 Å². The van der Waals surface area contributed by atoms with E-state index in [0.29, 0.717) is 23.7 Å². The van der Waals surface area contributed by atoms with E-state index in [4.69, 9.17) is 15.9 Å². The first-order chi connectivity index (χ1) is 13.3. The Bertz CT molecular complexity index is 746. The minimum Gasteiger partial charge on any atom is -0.458 e. The number of hydrogen-bond donors (Lipinski definition) is 0. The van der Waals surface area contributed by atoms with E-state index in [2.05, 4.69) is 18.9 Å². The van der Waals surface area contributed by atoms with Crippen molar-refractivity contribution in [3.63, 3.8) is 0 Å². The molecule has 4 nitrogen and oxygen atoms in total. The maximum Gasteiger partial charge on any atom is 0.304 e. The van der Waals surface area contributed by atoms with Gasteiger partial charge in [-0.05, 0) is 81.1 Å². The number of carbonyl (C=O) groups is 2. The van der Waals surface area contributed by atoms with Crippen LogP contribution in [0.2, 0.25) is 0 Å². The quantitative estimate of drug-likeness (QED) is 0.402. The van der Waals surface area contributed by atoms with Crippen LogP contribution in [0, 0.1) is 41.4 Å². The zero-order valence-electron chi connectivity index (χ0n) is 17.3. The maximum absolute atomic E-state index is 11.8. The van der Waals surface area contributed by atoms with E-state index in [1.165, 1.54) is 25.8 Å². The summed E-state index contributed by atoms with van der Waals surface area (Å²) in [6.45, 7) is 5.23. The summed E-state index contributed by atoms with van der Waals surface area (Å²) in [6.07, 6.45) is 16.5. The lowest BCUT2D eigenvalue weighted by atomic mass is 9.50. The molecule has 0 radical (unpaired) electrons. The van der Waals surface area contributed by atoms with E-state index in [1.807, 2.05) is 0 Å². The van der Waals surface area contributed by atoms with Crippen molar-refractivity contribution in [1.29, 1.82) is 0 Å². The molecular formula is C24H32O4. The Kier molecular flexibility index (Phi) is 4.84. The van der Waals surface area contributed by atoms with Crippen molar-refractivity contribution >= 4 is 11.9 Å². The largest absolute Gasteiger partial charge is 0.458 e. The van der Waals surface area contributed by atoms with Crippen molar-refractivity contribution in [2.45, 2.75) is 83.8 Å². The first kappa shape index (κ1) is 19.6. The summed E-state index contributed by atoms with van der Waals surface area (Å²) in [5, 5.41) is 0. The molecule has 152 valence electrons. The van der Waals surface area contributed by atoms with Gasteiger partial charge in [-0.1, -0.05) is 18.4 Å². The number of esters is 2. The van der Waals surface area contributed by atoms with E-state index in [9.17, 15) is 9.59 Å². The summed E-state index contributed by atoms with van der Waals surface area (Å²) >= 11 is 0. The van der Waals surface area contributed by atoms with Gasteiger partial charge in [-0.2, -0.15) is 0 Å². The van der Waals surface area contributed by atoms with Gasteiger partial charge in [0.1, 0.15) is 6.10 Å². The molecule has 28 heavy (non-hydrogen) atoms. The van der Waals surface area contributed by atoms with Crippen LogP contribution in [0.25, 0.3) is 0 Å². The molecule has 0 aromatic carbocycles. The monoisotopic (exact) mass is 384 g/mol. The van der Waals surface area contributed by atoms with Gasteiger partial charge in [0.05, 0.1) is 0 Å². The second-order valence-corrected chi connectivity index (χ2v) is 9.61. The minimum absolute atomic E-state index is 0.0429. The number of rotatable bonds is 2. The number of terminal acetylenes is 1. The fraction of sp³-hybridized carbons (Fsp3) is 0.750. The number of hydrogen-bond acceptors (Lipinski definition) is 4. The minimum atomic E-state index is -0.739. The molecule has 0 bridgehead atoms. The highest BCUT2D eigenvalue weighted by atomic mass is 16.6. The Morgan fingerprint density at radius 2 is 1.86 bits per heavy atom. The molecule has 3 fully saturated rings. The number of allylic oxidation sites excluding steroid dienone is 1. The number of carbonyl (C=O) groups excluding carboxylic acids is 2. The second kappa shape index (κ2) is 6.94. The molecule has 4 heteroatoms. The van der Waals surface area contributed by atoms with Crippen molar-refractivity contribution in [3.05, 3.63) is 11.6 Å². The fourth-order valence-corrected chi connectivity index (χ4v) is 7.28. The van der Waals surface area contributed by atoms with Gasteiger partial charge < -0.3 is 9.47 Å². The van der Waals surface area contributed by atoms with Gasteiger partial charge in [0.2, 0.25) is 0 Å². The zero-order chi connectivity index (χ0) is 20.1. The molecule has 0 aromatic heterocycles. The van der Waals surface area contributed by atoms with E-state index in [1.54, 1.807) is 0 Å². The second-order valence-electron chi connectivity index (χ2n) is 9.61. The average Bonchev–Trinajstić information content (AvgIpc) is 2.93. The highest BCUT2D eigenvalue weighted by Crippen LogP contribution is 2.65. The van der Waals surface area contributed by atoms with Gasteiger partial charge in [0, 0.05) is 19.3 Å². The Morgan fingerprint density at radius 1 is 1.07 bits per heavy atom. The Morgan fingerprint density at radius 3 is 2.54 bits per heavy atom. The number of fused-ring (bicyclic) bond motifs is 5. The van der Waals surface area contributed by atoms with Crippen LogP contribution in [0.1, 0.15) is 72.1 Å². The third kappa shape index (κ3) is 2.90. The molecule has 0 heterocycles. The van der Waals surface area contributed by atoms with Gasteiger partial charge in [-0.15, -0.1) is 6.42 Å². The van der Waals surface area contributed by atoms with E-state index in [-0.39, 0.29) is 23.5 Å². The summed E-state index contributed by atoms with van der Waals surface area (Å²) < 4.78 is 11.3. The van der Waals surface area contributed by atoms with Crippen molar-refractivity contribution in [2.75, 3.05) is 0 Å². The van der Waals surface area contributed by atoms with Crippen LogP contribution in [0.4, 0.5) is 0 Å². The fourth-order valence-electron chi connectivity index (χ4n) is 7.28. The Hall–Kier alpha value is -1.76. The molecule has 1 unspecified atom stereocenters. The topological polar surface area (TPSA) is 52.6 Å². The Balaban J connectivity index is 1.57. The average molecular weight is 385 g/mol. The van der Waals surface area contributed by atoms with Gasteiger partial charge in [-0.25, -0.2) is 0 Å². The predicted molar refractivity (Wildman–Crippen MR) is 106 cm³/mol. The molecular weight excluding hydrogens is 352 g/mol. The molecule has 7 atom stereocenters.